The van der Waals surface area contributed by atoms with Gasteiger partial charge in [0.05, 0.1) is 11.1 Å². The number of para-hydroxylation sites is 2. The highest BCUT2D eigenvalue weighted by Gasteiger charge is 2.37. The standard InChI is InChI=1S/C61H43NO/c1-61(2)56-25-8-5-20-52(56)55-24-13-23-51(60(55)61)42-30-35-47(36-31-42)62(57-26-9-6-19-50(57)45-32-37-54-53-21-7-10-27-58(53)63-59(54)39-45)46-33-28-40(29-34-46)43-16-11-17-44(38-43)49-22-12-15-41-14-3-4-18-48(41)49/h3-30,33-35,38-39H,31,36H2,1-2H3. The SMILES string of the molecule is CC1(C)c2ccccc2-c2cccc(C3=CC=C(N(c4ccc(-c5cccc(-c6cccc7ccccc67)c5)cc4)c4ccccc4-c4c#cc5c(c4)oc4ccccc45)CC3)c21. The molecule has 0 saturated heterocycles. The van der Waals surface area contributed by atoms with Gasteiger partial charge in [-0.05, 0) is 128 Å². The number of furan rings is 1. The molecule has 0 radical (unpaired) electrons. The molecule has 1 heterocycles. The minimum atomic E-state index is -0.0804. The van der Waals surface area contributed by atoms with Crippen LogP contribution < -0.4 is 4.90 Å². The smallest absolute Gasteiger partial charge is 0.145 e. The van der Waals surface area contributed by atoms with E-state index in [2.05, 4.69) is 213 Å². The largest absolute Gasteiger partial charge is 0.455 e. The van der Waals surface area contributed by atoms with Gasteiger partial charge in [0.25, 0.3) is 0 Å². The first-order chi connectivity index (χ1) is 31.0. The highest BCUT2D eigenvalue weighted by Crippen LogP contribution is 2.52. The second kappa shape index (κ2) is 14.7. The molecule has 10 aromatic rings. The lowest BCUT2D eigenvalue weighted by atomic mass is 9.77. The molecule has 0 amide bonds. The van der Waals surface area contributed by atoms with Crippen LogP contribution in [0.25, 0.3) is 82.8 Å². The van der Waals surface area contributed by atoms with Crippen LogP contribution in [0.4, 0.5) is 11.4 Å². The van der Waals surface area contributed by atoms with E-state index in [4.69, 9.17) is 4.42 Å². The van der Waals surface area contributed by atoms with E-state index in [9.17, 15) is 0 Å². The van der Waals surface area contributed by atoms with Crippen molar-refractivity contribution in [2.75, 3.05) is 4.90 Å². The lowest BCUT2D eigenvalue weighted by molar-refractivity contribution is 0.657. The maximum absolute atomic E-state index is 6.37. The Morgan fingerprint density at radius 2 is 1.17 bits per heavy atom. The summed E-state index contributed by atoms with van der Waals surface area (Å²) in [4.78, 5) is 2.45. The van der Waals surface area contributed by atoms with Crippen molar-refractivity contribution in [3.63, 3.8) is 0 Å². The summed E-state index contributed by atoms with van der Waals surface area (Å²) < 4.78 is 6.37. The number of allylic oxidation sites excluding steroid dienone is 4. The maximum Gasteiger partial charge on any atom is 0.145 e. The molecular formula is C61H43NO. The minimum absolute atomic E-state index is 0.0804. The van der Waals surface area contributed by atoms with Crippen LogP contribution in [0.1, 0.15) is 43.4 Å². The van der Waals surface area contributed by atoms with Crippen molar-refractivity contribution < 1.29 is 4.42 Å². The zero-order chi connectivity index (χ0) is 42.1. The first-order valence-corrected chi connectivity index (χ1v) is 22.0. The highest BCUT2D eigenvalue weighted by atomic mass is 16.3. The fourth-order valence-corrected chi connectivity index (χ4v) is 10.4. The van der Waals surface area contributed by atoms with Crippen LogP contribution in [0.15, 0.2) is 210 Å². The van der Waals surface area contributed by atoms with E-state index in [-0.39, 0.29) is 5.41 Å². The molecule has 0 atom stereocenters. The molecule has 0 fully saturated rings. The summed E-state index contributed by atoms with van der Waals surface area (Å²) in [6, 6.07) is 75.0. The molecule has 9 aromatic carbocycles. The molecule has 298 valence electrons. The Bertz CT molecular complexity index is 3480. The Kier molecular flexibility index (Phi) is 8.59. The van der Waals surface area contributed by atoms with E-state index in [0.717, 1.165) is 57.3 Å². The van der Waals surface area contributed by atoms with Crippen molar-refractivity contribution in [3.05, 3.63) is 235 Å². The van der Waals surface area contributed by atoms with Crippen LogP contribution in [0, 0.1) is 12.1 Å². The van der Waals surface area contributed by atoms with Crippen molar-refractivity contribution in [3.8, 4) is 44.5 Å². The molecule has 1 aromatic heterocycles. The van der Waals surface area contributed by atoms with Gasteiger partial charge in [0.2, 0.25) is 0 Å². The second-order valence-corrected chi connectivity index (χ2v) is 17.4. The van der Waals surface area contributed by atoms with Crippen molar-refractivity contribution in [1.82, 2.24) is 0 Å². The molecular weight excluding hydrogens is 763 g/mol. The average Bonchev–Trinajstić information content (AvgIpc) is 3.83. The number of benzene rings is 8. The summed E-state index contributed by atoms with van der Waals surface area (Å²) in [7, 11) is 0. The third-order valence-corrected chi connectivity index (χ3v) is 13.4. The number of nitrogens with zero attached hydrogens (tertiary/aromatic N) is 1. The average molecular weight is 806 g/mol. The summed E-state index contributed by atoms with van der Waals surface area (Å²) in [5, 5.41) is 4.52. The van der Waals surface area contributed by atoms with Crippen molar-refractivity contribution >= 4 is 49.7 Å². The topological polar surface area (TPSA) is 16.4 Å². The third-order valence-electron chi connectivity index (χ3n) is 13.4. The van der Waals surface area contributed by atoms with Crippen molar-refractivity contribution in [2.45, 2.75) is 32.1 Å². The lowest BCUT2D eigenvalue weighted by Gasteiger charge is -2.32. The van der Waals surface area contributed by atoms with Gasteiger partial charge in [-0.1, -0.05) is 178 Å². The van der Waals surface area contributed by atoms with Gasteiger partial charge >= 0.3 is 0 Å². The van der Waals surface area contributed by atoms with E-state index in [1.54, 1.807) is 0 Å². The molecule has 2 nitrogen and oxygen atoms in total. The molecule has 2 aliphatic rings. The zero-order valence-corrected chi connectivity index (χ0v) is 35.3. The molecule has 2 aliphatic carbocycles. The van der Waals surface area contributed by atoms with E-state index < -0.39 is 0 Å². The van der Waals surface area contributed by atoms with E-state index >= 15 is 0 Å². The van der Waals surface area contributed by atoms with Gasteiger partial charge in [-0.15, -0.1) is 0 Å². The molecule has 0 N–H and O–H groups in total. The predicted molar refractivity (Wildman–Crippen MR) is 263 cm³/mol. The Hall–Kier alpha value is -7.86. The summed E-state index contributed by atoms with van der Waals surface area (Å²) in [5.41, 5.74) is 20.1. The summed E-state index contributed by atoms with van der Waals surface area (Å²) >= 11 is 0. The number of anilines is 2. The summed E-state index contributed by atoms with van der Waals surface area (Å²) in [6.45, 7) is 4.76. The van der Waals surface area contributed by atoms with Gasteiger partial charge in [-0.25, -0.2) is 0 Å². The Balaban J connectivity index is 0.963. The minimum Gasteiger partial charge on any atom is -0.455 e. The van der Waals surface area contributed by atoms with Crippen LogP contribution in [-0.4, -0.2) is 0 Å². The molecule has 12 rings (SSSR count). The highest BCUT2D eigenvalue weighted by molar-refractivity contribution is 6.05. The van der Waals surface area contributed by atoms with Gasteiger partial charge < -0.3 is 9.32 Å². The quantitative estimate of drug-likeness (QED) is 0.160. The van der Waals surface area contributed by atoms with Gasteiger partial charge in [0, 0.05) is 33.3 Å². The Labute approximate surface area is 368 Å². The third kappa shape index (κ3) is 6.12. The Morgan fingerprint density at radius 3 is 2.05 bits per heavy atom. The number of rotatable bonds is 7. The molecule has 63 heavy (non-hydrogen) atoms. The number of hydrogen-bond acceptors (Lipinski definition) is 2. The van der Waals surface area contributed by atoms with Crippen LogP contribution in [-0.2, 0) is 5.41 Å². The fraction of sp³-hybridized carbons (Fsp3) is 0.0820. The summed E-state index contributed by atoms with van der Waals surface area (Å²) in [6.07, 6.45) is 6.53. The van der Waals surface area contributed by atoms with Crippen molar-refractivity contribution in [1.29, 1.82) is 0 Å². The van der Waals surface area contributed by atoms with Crippen molar-refractivity contribution in [2.24, 2.45) is 0 Å². The zero-order valence-electron chi connectivity index (χ0n) is 35.3. The van der Waals surface area contributed by atoms with Gasteiger partial charge in [-0.3, -0.25) is 0 Å². The fourth-order valence-electron chi connectivity index (χ4n) is 10.4. The van der Waals surface area contributed by atoms with E-state index in [1.165, 1.54) is 72.1 Å². The van der Waals surface area contributed by atoms with Gasteiger partial charge in [0.15, 0.2) is 0 Å². The number of fused-ring (bicyclic) bond motifs is 7. The molecule has 0 aliphatic heterocycles. The normalized spacial score (nSPS) is 13.9. The first kappa shape index (κ1) is 36.9. The monoisotopic (exact) mass is 805 g/mol. The van der Waals surface area contributed by atoms with Gasteiger partial charge in [-0.2, -0.15) is 0 Å². The molecule has 0 saturated carbocycles. The summed E-state index contributed by atoms with van der Waals surface area (Å²) in [5.74, 6) is 0. The van der Waals surface area contributed by atoms with E-state index in [1.807, 2.05) is 18.2 Å². The number of hydrogen-bond donors (Lipinski definition) is 0. The van der Waals surface area contributed by atoms with Crippen LogP contribution in [0.2, 0.25) is 0 Å². The predicted octanol–water partition coefficient (Wildman–Crippen LogP) is 16.5. The van der Waals surface area contributed by atoms with Crippen LogP contribution in [0.5, 0.6) is 0 Å². The maximum atomic E-state index is 6.37. The Morgan fingerprint density at radius 1 is 0.492 bits per heavy atom. The lowest BCUT2D eigenvalue weighted by Crippen LogP contribution is -2.20. The van der Waals surface area contributed by atoms with E-state index in [0.29, 0.717) is 0 Å². The van der Waals surface area contributed by atoms with Gasteiger partial charge in [0.1, 0.15) is 11.2 Å². The first-order valence-electron chi connectivity index (χ1n) is 22.0. The molecule has 0 spiro atoms. The molecule has 0 unspecified atom stereocenters. The van der Waals surface area contributed by atoms with Crippen LogP contribution >= 0.6 is 0 Å². The van der Waals surface area contributed by atoms with Crippen LogP contribution in [0.3, 0.4) is 0 Å². The molecule has 0 bridgehead atoms. The molecule has 2 heteroatoms. The second-order valence-electron chi connectivity index (χ2n) is 17.4.